The van der Waals surface area contributed by atoms with Crippen LogP contribution < -0.4 is 45.1 Å². The lowest BCUT2D eigenvalue weighted by Gasteiger charge is -2.23. The molecule has 3 atom stereocenters. The number of amides is 2. The van der Waals surface area contributed by atoms with Crippen LogP contribution in [-0.2, 0) is 16.0 Å². The van der Waals surface area contributed by atoms with Crippen molar-refractivity contribution in [1.29, 1.82) is 0 Å². The number of benzene rings is 2. The second kappa shape index (κ2) is 15.8. The molecular formula is C37H44N6O8. The van der Waals surface area contributed by atoms with Crippen molar-refractivity contribution in [1.82, 2.24) is 20.5 Å². The van der Waals surface area contributed by atoms with E-state index in [1.54, 1.807) is 45.6 Å². The maximum absolute atomic E-state index is 14.0. The van der Waals surface area contributed by atoms with Crippen LogP contribution in [-0.4, -0.2) is 68.6 Å². The van der Waals surface area contributed by atoms with Crippen LogP contribution in [0.4, 0.5) is 11.6 Å². The minimum Gasteiger partial charge on any atom is -0.497 e. The fourth-order valence-electron chi connectivity index (χ4n) is 6.32. The van der Waals surface area contributed by atoms with Crippen molar-refractivity contribution in [3.63, 3.8) is 0 Å². The number of H-pyrrole nitrogens is 1. The summed E-state index contributed by atoms with van der Waals surface area (Å²) >= 11 is 0. The monoisotopic (exact) mass is 700 g/mol. The molecule has 0 aliphatic heterocycles. The zero-order valence-electron chi connectivity index (χ0n) is 30.1. The van der Waals surface area contributed by atoms with Crippen molar-refractivity contribution in [2.24, 2.45) is 5.92 Å². The Bertz CT molecular complexity index is 1980. The minimum atomic E-state index is -0.834. The van der Waals surface area contributed by atoms with Gasteiger partial charge in [0.2, 0.25) is 28.9 Å². The largest absolute Gasteiger partial charge is 0.497 e. The van der Waals surface area contributed by atoms with E-state index >= 15 is 0 Å². The first-order valence-corrected chi connectivity index (χ1v) is 16.6. The van der Waals surface area contributed by atoms with Gasteiger partial charge in [0.1, 0.15) is 17.5 Å². The number of fused-ring (bicyclic) bond motifs is 3. The molecule has 5 rings (SSSR count). The number of aryl methyl sites for hydroxylation is 1. The van der Waals surface area contributed by atoms with Crippen LogP contribution in [0.2, 0.25) is 0 Å². The first-order chi connectivity index (χ1) is 24.6. The predicted molar refractivity (Wildman–Crippen MR) is 193 cm³/mol. The van der Waals surface area contributed by atoms with E-state index in [9.17, 15) is 14.4 Å². The molecule has 4 aromatic rings. The summed E-state index contributed by atoms with van der Waals surface area (Å²) in [5.74, 6) is 2.07. The second-order valence-electron chi connectivity index (χ2n) is 12.2. The zero-order valence-corrected chi connectivity index (χ0v) is 30.1. The Morgan fingerprint density at radius 3 is 2.29 bits per heavy atom. The average Bonchev–Trinajstić information content (AvgIpc) is 3.47. The highest BCUT2D eigenvalue weighted by Gasteiger charge is 2.31. The standard InChI is InChI=1S/C37H44N6O8/c1-9-19(2)32(36(46)41-37-40-35(42-43-37)24-12-11-22(47-4)17-29(24)48-5)39-27-15-13-23-25(18-28(27)45)26(38-20(3)44)14-10-21-16-30(49-6)33(50-7)34(51-8)31(21)23/h11-13,15-19,26,32H,9-10,14H2,1-8H3,(H,38,44)(H,39,45)(H2,40,41,42,43,46). The molecule has 0 spiro atoms. The molecular weight excluding hydrogens is 656 g/mol. The number of hydrogen-bond donors (Lipinski definition) is 4. The minimum absolute atomic E-state index is 0.0573. The summed E-state index contributed by atoms with van der Waals surface area (Å²) in [6.07, 6.45) is 1.72. The molecule has 0 bridgehead atoms. The molecule has 3 aromatic carbocycles. The third kappa shape index (κ3) is 7.54. The SMILES string of the molecule is CCC(C)C(Nc1ccc2c(cc1=O)C(NC(C)=O)CCc1cc(OC)c(OC)c(OC)c1-2)C(=O)Nc1n[nH]c(-c2ccc(OC)cc2OC)n1. The number of carbonyl (C=O) groups excluding carboxylic acids is 2. The summed E-state index contributed by atoms with van der Waals surface area (Å²) in [7, 11) is 7.73. The van der Waals surface area contributed by atoms with Gasteiger partial charge >= 0.3 is 0 Å². The lowest BCUT2D eigenvalue weighted by atomic mass is 9.95. The first kappa shape index (κ1) is 36.5. The van der Waals surface area contributed by atoms with Gasteiger partial charge in [-0.3, -0.25) is 24.8 Å². The molecule has 4 N–H and O–H groups in total. The number of nitrogens with zero attached hydrogens (tertiary/aromatic N) is 2. The lowest BCUT2D eigenvalue weighted by molar-refractivity contribution is -0.120. The zero-order chi connectivity index (χ0) is 36.8. The summed E-state index contributed by atoms with van der Waals surface area (Å²) in [5, 5.41) is 16.1. The van der Waals surface area contributed by atoms with Crippen molar-refractivity contribution in [3.05, 3.63) is 63.8 Å². The van der Waals surface area contributed by atoms with Gasteiger partial charge in [-0.1, -0.05) is 26.3 Å². The highest BCUT2D eigenvalue weighted by atomic mass is 16.5. The van der Waals surface area contributed by atoms with Gasteiger partial charge in [0.25, 0.3) is 0 Å². The topological polar surface area (TPSA) is 175 Å². The van der Waals surface area contributed by atoms with Crippen molar-refractivity contribution in [2.75, 3.05) is 46.2 Å². The molecule has 0 saturated heterocycles. The summed E-state index contributed by atoms with van der Waals surface area (Å²) in [4.78, 5) is 44.6. The van der Waals surface area contributed by atoms with Crippen molar-refractivity contribution in [3.8, 4) is 51.3 Å². The molecule has 1 aliphatic rings. The average molecular weight is 701 g/mol. The van der Waals surface area contributed by atoms with Gasteiger partial charge in [-0.15, -0.1) is 5.10 Å². The number of carbonyl (C=O) groups is 2. The van der Waals surface area contributed by atoms with Crippen LogP contribution in [0.5, 0.6) is 28.7 Å². The van der Waals surface area contributed by atoms with Crippen LogP contribution in [0.3, 0.4) is 0 Å². The Morgan fingerprint density at radius 1 is 0.922 bits per heavy atom. The van der Waals surface area contributed by atoms with E-state index in [2.05, 4.69) is 31.1 Å². The van der Waals surface area contributed by atoms with Gasteiger partial charge in [0, 0.05) is 18.6 Å². The number of ether oxygens (including phenoxy) is 5. The number of rotatable bonds is 13. The van der Waals surface area contributed by atoms with E-state index in [0.29, 0.717) is 70.5 Å². The maximum Gasteiger partial charge on any atom is 0.249 e. The molecule has 0 radical (unpaired) electrons. The Hall–Kier alpha value is -5.79. The summed E-state index contributed by atoms with van der Waals surface area (Å²) < 4.78 is 28.0. The van der Waals surface area contributed by atoms with Gasteiger partial charge in [-0.2, -0.15) is 4.98 Å². The summed E-state index contributed by atoms with van der Waals surface area (Å²) in [6, 6.07) is 10.8. The normalized spacial score (nSPS) is 14.5. The lowest BCUT2D eigenvalue weighted by Crippen LogP contribution is -2.41. The predicted octanol–water partition coefficient (Wildman–Crippen LogP) is 5.13. The molecule has 3 unspecified atom stereocenters. The fraction of sp³-hybridized carbons (Fsp3) is 0.378. The molecule has 14 nitrogen and oxygen atoms in total. The smallest absolute Gasteiger partial charge is 0.249 e. The van der Waals surface area contributed by atoms with E-state index in [-0.39, 0.29) is 28.9 Å². The highest BCUT2D eigenvalue weighted by molar-refractivity contribution is 5.95. The fourth-order valence-corrected chi connectivity index (χ4v) is 6.32. The van der Waals surface area contributed by atoms with Crippen LogP contribution in [0.25, 0.3) is 22.5 Å². The van der Waals surface area contributed by atoms with Gasteiger partial charge in [-0.25, -0.2) is 0 Å². The maximum atomic E-state index is 14.0. The van der Waals surface area contributed by atoms with Crippen LogP contribution in [0.1, 0.15) is 50.8 Å². The second-order valence-corrected chi connectivity index (χ2v) is 12.2. The van der Waals surface area contributed by atoms with Crippen molar-refractivity contribution >= 4 is 23.5 Å². The van der Waals surface area contributed by atoms with E-state index in [4.69, 9.17) is 23.7 Å². The molecule has 0 fully saturated rings. The molecule has 1 aliphatic carbocycles. The quantitative estimate of drug-likeness (QED) is 0.146. The Kier molecular flexibility index (Phi) is 11.3. The number of hydrogen-bond acceptors (Lipinski definition) is 11. The number of aromatic nitrogens is 3. The van der Waals surface area contributed by atoms with Crippen LogP contribution >= 0.6 is 0 Å². The summed E-state index contributed by atoms with van der Waals surface area (Å²) in [6.45, 7) is 5.32. The highest BCUT2D eigenvalue weighted by Crippen LogP contribution is 2.50. The number of anilines is 2. The van der Waals surface area contributed by atoms with Gasteiger partial charge in [0.05, 0.1) is 52.8 Å². The van der Waals surface area contributed by atoms with Crippen molar-refractivity contribution in [2.45, 2.75) is 52.1 Å². The molecule has 51 heavy (non-hydrogen) atoms. The molecule has 1 aromatic heterocycles. The van der Waals surface area contributed by atoms with Crippen molar-refractivity contribution < 1.29 is 33.3 Å². The summed E-state index contributed by atoms with van der Waals surface area (Å²) in [5.41, 5.74) is 3.39. The Morgan fingerprint density at radius 2 is 1.65 bits per heavy atom. The third-order valence-electron chi connectivity index (χ3n) is 9.11. The Balaban J connectivity index is 1.53. The van der Waals surface area contributed by atoms with E-state index in [1.807, 2.05) is 26.0 Å². The first-order valence-electron chi connectivity index (χ1n) is 16.6. The third-order valence-corrected chi connectivity index (χ3v) is 9.11. The number of nitrogens with one attached hydrogen (secondary N) is 4. The number of methoxy groups -OCH3 is 5. The molecule has 270 valence electrons. The van der Waals surface area contributed by atoms with E-state index in [1.165, 1.54) is 27.2 Å². The molecule has 14 heteroatoms. The molecule has 1 heterocycles. The Labute approximate surface area is 296 Å². The number of aromatic amines is 1. The molecule has 2 amide bonds. The van der Waals surface area contributed by atoms with E-state index in [0.717, 1.165) is 11.1 Å². The van der Waals surface area contributed by atoms with Gasteiger partial charge < -0.3 is 34.3 Å². The van der Waals surface area contributed by atoms with Gasteiger partial charge in [-0.05, 0) is 65.8 Å². The van der Waals surface area contributed by atoms with Crippen LogP contribution in [0.15, 0.2) is 47.3 Å². The molecule has 0 saturated carbocycles. The van der Waals surface area contributed by atoms with E-state index < -0.39 is 18.0 Å². The van der Waals surface area contributed by atoms with Gasteiger partial charge in [0.15, 0.2) is 17.3 Å². The van der Waals surface area contributed by atoms with Crippen LogP contribution in [0, 0.1) is 5.92 Å².